The number of carbonyl (C=O) groups is 1. The van der Waals surface area contributed by atoms with Crippen molar-refractivity contribution < 1.29 is 14.6 Å². The zero-order chi connectivity index (χ0) is 15.8. The Morgan fingerprint density at radius 3 is 2.30 bits per heavy atom. The summed E-state index contributed by atoms with van der Waals surface area (Å²) >= 11 is 0. The molecule has 1 atom stereocenters. The lowest BCUT2D eigenvalue weighted by molar-refractivity contribution is -0.144. The molecule has 0 fully saturated rings. The van der Waals surface area contributed by atoms with Gasteiger partial charge in [-0.05, 0) is 54.0 Å². The lowest BCUT2D eigenvalue weighted by atomic mass is 9.94. The van der Waals surface area contributed by atoms with Crippen molar-refractivity contribution in [1.82, 2.24) is 10.2 Å². The predicted octanol–water partition coefficient (Wildman–Crippen LogP) is 1.96. The van der Waals surface area contributed by atoms with E-state index in [0.717, 1.165) is 19.5 Å². The molecule has 2 N–H and O–H groups in total. The smallest absolute Gasteiger partial charge is 0.323 e. The Bertz CT molecular complexity index is 282. The molecule has 0 saturated carbocycles. The van der Waals surface area contributed by atoms with Gasteiger partial charge in [-0.3, -0.25) is 15.0 Å². The van der Waals surface area contributed by atoms with E-state index in [1.807, 2.05) is 13.8 Å². The van der Waals surface area contributed by atoms with Crippen LogP contribution >= 0.6 is 0 Å². The average Bonchev–Trinajstić information content (AvgIpc) is 2.31. The van der Waals surface area contributed by atoms with Gasteiger partial charge in [-0.25, -0.2) is 0 Å². The molecule has 120 valence electrons. The number of nitrogens with one attached hydrogen (secondary N) is 1. The fourth-order valence-electron chi connectivity index (χ4n) is 2.35. The van der Waals surface area contributed by atoms with Gasteiger partial charge in [0.1, 0.15) is 5.54 Å². The van der Waals surface area contributed by atoms with E-state index in [4.69, 9.17) is 4.74 Å². The summed E-state index contributed by atoms with van der Waals surface area (Å²) in [5.41, 5.74) is -0.849. The molecule has 5 nitrogen and oxygen atoms in total. The molecule has 0 spiro atoms. The fourth-order valence-corrected chi connectivity index (χ4v) is 2.35. The van der Waals surface area contributed by atoms with Crippen molar-refractivity contribution in [3.05, 3.63) is 0 Å². The highest BCUT2D eigenvalue weighted by atomic mass is 16.5. The largest absolute Gasteiger partial charge is 0.480 e. The first kappa shape index (κ1) is 19.4. The number of aliphatic carboxylic acids is 1. The number of hydrogen-bond acceptors (Lipinski definition) is 4. The van der Waals surface area contributed by atoms with Crippen molar-refractivity contribution in [1.29, 1.82) is 0 Å². The maximum atomic E-state index is 11.4. The zero-order valence-corrected chi connectivity index (χ0v) is 13.9. The highest BCUT2D eigenvalue weighted by Gasteiger charge is 2.32. The van der Waals surface area contributed by atoms with Crippen LogP contribution in [0.25, 0.3) is 0 Å². The van der Waals surface area contributed by atoms with Crippen LogP contribution < -0.4 is 5.32 Å². The summed E-state index contributed by atoms with van der Waals surface area (Å²) in [5.74, 6) is -0.779. The molecule has 0 bridgehead atoms. The van der Waals surface area contributed by atoms with Crippen molar-refractivity contribution in [2.24, 2.45) is 0 Å². The third kappa shape index (κ3) is 7.22. The number of carboxylic acids is 1. The van der Waals surface area contributed by atoms with Crippen molar-refractivity contribution in [3.8, 4) is 0 Å². The van der Waals surface area contributed by atoms with E-state index in [0.29, 0.717) is 19.1 Å². The van der Waals surface area contributed by atoms with Crippen LogP contribution in [0, 0.1) is 0 Å². The second kappa shape index (κ2) is 9.32. The van der Waals surface area contributed by atoms with Gasteiger partial charge in [-0.15, -0.1) is 0 Å². The van der Waals surface area contributed by atoms with Crippen molar-refractivity contribution in [2.45, 2.75) is 65.1 Å². The van der Waals surface area contributed by atoms with E-state index in [2.05, 4.69) is 24.1 Å². The van der Waals surface area contributed by atoms with E-state index >= 15 is 0 Å². The molecule has 0 aromatic rings. The number of methoxy groups -OCH3 is 1. The first-order valence-electron chi connectivity index (χ1n) is 7.47. The third-order valence-electron chi connectivity index (χ3n) is 3.51. The van der Waals surface area contributed by atoms with Crippen LogP contribution in [-0.4, -0.2) is 60.4 Å². The normalized spacial score (nSPS) is 15.1. The van der Waals surface area contributed by atoms with Crippen molar-refractivity contribution in [3.63, 3.8) is 0 Å². The Balaban J connectivity index is 4.37. The Labute approximate surface area is 123 Å². The Morgan fingerprint density at radius 1 is 1.30 bits per heavy atom. The standard InChI is InChI=1S/C15H32N2O3/c1-12(2)16-15(5,14(18)19)8-7-9-17(13(3)4)10-11-20-6/h12-13,16H,7-11H2,1-6H3,(H,18,19). The molecule has 1 unspecified atom stereocenters. The molecule has 0 aliphatic rings. The third-order valence-corrected chi connectivity index (χ3v) is 3.51. The topological polar surface area (TPSA) is 61.8 Å². The Hall–Kier alpha value is -0.650. The zero-order valence-electron chi connectivity index (χ0n) is 13.9. The van der Waals surface area contributed by atoms with Crippen LogP contribution in [0.4, 0.5) is 0 Å². The van der Waals surface area contributed by atoms with Crippen molar-refractivity contribution in [2.75, 3.05) is 26.8 Å². The molecule has 5 heteroatoms. The highest BCUT2D eigenvalue weighted by molar-refractivity contribution is 5.78. The number of hydrogen-bond donors (Lipinski definition) is 2. The molecule has 0 aliphatic heterocycles. The molecule has 0 aliphatic carbocycles. The molecule has 0 saturated heterocycles. The average molecular weight is 288 g/mol. The maximum Gasteiger partial charge on any atom is 0.323 e. The number of nitrogens with zero attached hydrogens (tertiary/aromatic N) is 1. The summed E-state index contributed by atoms with van der Waals surface area (Å²) in [7, 11) is 1.70. The molecular weight excluding hydrogens is 256 g/mol. The lowest BCUT2D eigenvalue weighted by Gasteiger charge is -2.31. The van der Waals surface area contributed by atoms with E-state index < -0.39 is 11.5 Å². The predicted molar refractivity (Wildman–Crippen MR) is 82.1 cm³/mol. The van der Waals surface area contributed by atoms with E-state index in [-0.39, 0.29) is 6.04 Å². The van der Waals surface area contributed by atoms with Crippen LogP contribution in [0.5, 0.6) is 0 Å². The van der Waals surface area contributed by atoms with Gasteiger partial charge in [0.05, 0.1) is 6.61 Å². The molecule has 0 aromatic heterocycles. The minimum absolute atomic E-state index is 0.158. The van der Waals surface area contributed by atoms with Crippen molar-refractivity contribution >= 4 is 5.97 Å². The summed E-state index contributed by atoms with van der Waals surface area (Å²) in [6.45, 7) is 12.5. The monoisotopic (exact) mass is 288 g/mol. The van der Waals surface area contributed by atoms with E-state index in [1.165, 1.54) is 0 Å². The van der Waals surface area contributed by atoms with E-state index in [9.17, 15) is 9.90 Å². The van der Waals surface area contributed by atoms with Crippen LogP contribution in [0.15, 0.2) is 0 Å². The van der Waals surface area contributed by atoms with Crippen LogP contribution in [-0.2, 0) is 9.53 Å². The van der Waals surface area contributed by atoms with Gasteiger partial charge in [0.25, 0.3) is 0 Å². The second-order valence-corrected chi connectivity index (χ2v) is 6.16. The minimum atomic E-state index is -0.849. The first-order valence-corrected chi connectivity index (χ1v) is 7.47. The molecule has 0 aromatic carbocycles. The van der Waals surface area contributed by atoms with Crippen LogP contribution in [0.3, 0.4) is 0 Å². The molecule has 20 heavy (non-hydrogen) atoms. The Morgan fingerprint density at radius 2 is 1.90 bits per heavy atom. The van der Waals surface area contributed by atoms with Crippen LogP contribution in [0.1, 0.15) is 47.5 Å². The number of ether oxygens (including phenoxy) is 1. The summed E-state index contributed by atoms with van der Waals surface area (Å²) in [6, 6.07) is 0.602. The minimum Gasteiger partial charge on any atom is -0.480 e. The van der Waals surface area contributed by atoms with Gasteiger partial charge < -0.3 is 9.84 Å². The van der Waals surface area contributed by atoms with E-state index in [1.54, 1.807) is 14.0 Å². The molecule has 0 rings (SSSR count). The van der Waals surface area contributed by atoms with Crippen LogP contribution in [0.2, 0.25) is 0 Å². The maximum absolute atomic E-state index is 11.4. The summed E-state index contributed by atoms with van der Waals surface area (Å²) in [4.78, 5) is 13.8. The highest BCUT2D eigenvalue weighted by Crippen LogP contribution is 2.15. The molecule has 0 amide bonds. The lowest BCUT2D eigenvalue weighted by Crippen LogP contribution is -2.52. The quantitative estimate of drug-likeness (QED) is 0.608. The van der Waals surface area contributed by atoms with Gasteiger partial charge in [0.15, 0.2) is 0 Å². The molecular formula is C15H32N2O3. The summed E-state index contributed by atoms with van der Waals surface area (Å²) < 4.78 is 5.11. The first-order chi connectivity index (χ1) is 9.23. The molecule has 0 heterocycles. The number of rotatable bonds is 11. The SMILES string of the molecule is COCCN(CCCC(C)(NC(C)C)C(=O)O)C(C)C. The van der Waals surface area contributed by atoms with Gasteiger partial charge >= 0.3 is 5.97 Å². The Kier molecular flexibility index (Phi) is 9.01. The van der Waals surface area contributed by atoms with Gasteiger partial charge in [-0.2, -0.15) is 0 Å². The fraction of sp³-hybridized carbons (Fsp3) is 0.933. The summed E-state index contributed by atoms with van der Waals surface area (Å²) in [6.07, 6.45) is 1.47. The van der Waals surface area contributed by atoms with Gasteiger partial charge in [0, 0.05) is 25.7 Å². The van der Waals surface area contributed by atoms with Gasteiger partial charge in [-0.1, -0.05) is 0 Å². The number of carboxylic acid groups (broad SMARTS) is 1. The van der Waals surface area contributed by atoms with Gasteiger partial charge in [0.2, 0.25) is 0 Å². The second-order valence-electron chi connectivity index (χ2n) is 6.16. The summed E-state index contributed by atoms with van der Waals surface area (Å²) in [5, 5.41) is 12.6. The molecule has 0 radical (unpaired) electrons.